The molecule has 4 heteroatoms. The number of hydrogen-bond acceptors (Lipinski definition) is 2. The first-order chi connectivity index (χ1) is 9.02. The van der Waals surface area contributed by atoms with Crippen LogP contribution >= 0.6 is 0 Å². The summed E-state index contributed by atoms with van der Waals surface area (Å²) in [5.41, 5.74) is 2.17. The van der Waals surface area contributed by atoms with Gasteiger partial charge in [0.15, 0.2) is 0 Å². The molecule has 19 heavy (non-hydrogen) atoms. The third kappa shape index (κ3) is 5.55. The van der Waals surface area contributed by atoms with Crippen molar-refractivity contribution in [2.24, 2.45) is 0 Å². The summed E-state index contributed by atoms with van der Waals surface area (Å²) < 4.78 is 0. The average molecular weight is 263 g/mol. The van der Waals surface area contributed by atoms with Gasteiger partial charge in [-0.3, -0.25) is 9.59 Å². The lowest BCUT2D eigenvalue weighted by atomic mass is 10.0. The number of amides is 1. The number of carbonyl (C=O) groups excluding carboxylic acids is 1. The first kappa shape index (κ1) is 15.2. The first-order valence-electron chi connectivity index (χ1n) is 6.63. The molecule has 0 radical (unpaired) electrons. The minimum atomic E-state index is -1.02. The maximum absolute atomic E-state index is 11.6. The van der Waals surface area contributed by atoms with Gasteiger partial charge in [0.05, 0.1) is 6.42 Å². The Balaban J connectivity index is 2.48. The molecule has 0 bridgehead atoms. The van der Waals surface area contributed by atoms with Crippen LogP contribution in [0.4, 0.5) is 0 Å². The fraction of sp³-hybridized carbons (Fsp3) is 0.467. The lowest BCUT2D eigenvalue weighted by molar-refractivity contribution is -0.141. The summed E-state index contributed by atoms with van der Waals surface area (Å²) in [7, 11) is 0. The largest absolute Gasteiger partial charge is 0.480 e. The number of nitrogens with one attached hydrogen (secondary N) is 1. The van der Waals surface area contributed by atoms with Crippen molar-refractivity contribution in [1.29, 1.82) is 0 Å². The minimum Gasteiger partial charge on any atom is -0.480 e. The van der Waals surface area contributed by atoms with E-state index in [9.17, 15) is 9.59 Å². The van der Waals surface area contributed by atoms with E-state index < -0.39 is 12.0 Å². The van der Waals surface area contributed by atoms with E-state index in [4.69, 9.17) is 5.11 Å². The summed E-state index contributed by atoms with van der Waals surface area (Å²) in [6.45, 7) is 3.61. The van der Waals surface area contributed by atoms with Crippen molar-refractivity contribution < 1.29 is 14.7 Å². The number of carboxylic acid groups (broad SMARTS) is 1. The molecular weight excluding hydrogens is 242 g/mol. The highest BCUT2D eigenvalue weighted by atomic mass is 16.4. The molecule has 0 aliphatic heterocycles. The maximum Gasteiger partial charge on any atom is 0.325 e. The Labute approximate surface area is 113 Å². The molecule has 0 fully saturated rings. The second-order valence-electron chi connectivity index (χ2n) is 4.72. The summed E-state index contributed by atoms with van der Waals surface area (Å²) in [6.07, 6.45) is 3.60. The molecule has 0 aromatic heterocycles. The molecule has 1 amide bonds. The summed E-state index contributed by atoms with van der Waals surface area (Å²) >= 11 is 0. The average Bonchev–Trinajstić information content (AvgIpc) is 2.37. The standard InChI is InChI=1S/C15H21NO3/c1-3-4-5-12-6-8-13(9-7-12)10-14(17)16-11(2)15(18)19/h6-9,11H,3-5,10H2,1-2H3,(H,16,17)(H,18,19)/t11-/m0/s1. The van der Waals surface area contributed by atoms with Crippen molar-refractivity contribution in [1.82, 2.24) is 5.32 Å². The molecule has 0 unspecified atom stereocenters. The second-order valence-corrected chi connectivity index (χ2v) is 4.72. The van der Waals surface area contributed by atoms with E-state index in [-0.39, 0.29) is 12.3 Å². The van der Waals surface area contributed by atoms with Gasteiger partial charge < -0.3 is 10.4 Å². The first-order valence-corrected chi connectivity index (χ1v) is 6.63. The van der Waals surface area contributed by atoms with Gasteiger partial charge >= 0.3 is 5.97 Å². The summed E-state index contributed by atoms with van der Waals surface area (Å²) in [6, 6.07) is 7.06. The van der Waals surface area contributed by atoms with Gasteiger partial charge in [-0.25, -0.2) is 0 Å². The van der Waals surface area contributed by atoms with Gasteiger partial charge in [0.25, 0.3) is 0 Å². The number of benzene rings is 1. The van der Waals surface area contributed by atoms with Crippen LogP contribution in [0.5, 0.6) is 0 Å². The lowest BCUT2D eigenvalue weighted by Gasteiger charge is -2.09. The van der Waals surface area contributed by atoms with E-state index >= 15 is 0 Å². The smallest absolute Gasteiger partial charge is 0.325 e. The van der Waals surface area contributed by atoms with Crippen molar-refractivity contribution >= 4 is 11.9 Å². The highest BCUT2D eigenvalue weighted by Crippen LogP contribution is 2.08. The van der Waals surface area contributed by atoms with E-state index in [2.05, 4.69) is 12.2 Å². The van der Waals surface area contributed by atoms with Gasteiger partial charge in [-0.1, -0.05) is 37.6 Å². The van der Waals surface area contributed by atoms with Crippen LogP contribution in [0.3, 0.4) is 0 Å². The van der Waals surface area contributed by atoms with Crippen LogP contribution in [0.25, 0.3) is 0 Å². The highest BCUT2D eigenvalue weighted by Gasteiger charge is 2.13. The predicted molar refractivity (Wildman–Crippen MR) is 74.0 cm³/mol. The Bertz CT molecular complexity index is 426. The fourth-order valence-corrected chi connectivity index (χ4v) is 1.74. The molecule has 0 aliphatic rings. The van der Waals surface area contributed by atoms with Crippen molar-refractivity contribution in [2.75, 3.05) is 0 Å². The maximum atomic E-state index is 11.6. The van der Waals surface area contributed by atoms with Crippen molar-refractivity contribution in [2.45, 2.75) is 45.6 Å². The zero-order valence-corrected chi connectivity index (χ0v) is 11.5. The summed E-state index contributed by atoms with van der Waals surface area (Å²) in [5.74, 6) is -1.29. The van der Waals surface area contributed by atoms with Crippen LogP contribution < -0.4 is 5.32 Å². The van der Waals surface area contributed by atoms with Crippen molar-refractivity contribution in [3.63, 3.8) is 0 Å². The van der Waals surface area contributed by atoms with E-state index in [0.717, 1.165) is 24.8 Å². The number of aliphatic carboxylic acids is 1. The second kappa shape index (κ2) is 7.56. The fourth-order valence-electron chi connectivity index (χ4n) is 1.74. The van der Waals surface area contributed by atoms with E-state index in [1.165, 1.54) is 12.5 Å². The number of unbranched alkanes of at least 4 members (excludes halogenated alkanes) is 1. The van der Waals surface area contributed by atoms with Gasteiger partial charge in [-0.2, -0.15) is 0 Å². The molecule has 1 aromatic rings. The Morgan fingerprint density at radius 1 is 1.21 bits per heavy atom. The van der Waals surface area contributed by atoms with Crippen LogP contribution in [0.15, 0.2) is 24.3 Å². The topological polar surface area (TPSA) is 66.4 Å². The summed E-state index contributed by atoms with van der Waals surface area (Å²) in [4.78, 5) is 22.2. The summed E-state index contributed by atoms with van der Waals surface area (Å²) in [5, 5.41) is 11.1. The Kier molecular flexibility index (Phi) is 6.06. The Morgan fingerprint density at radius 3 is 2.32 bits per heavy atom. The third-order valence-electron chi connectivity index (χ3n) is 2.95. The number of aryl methyl sites for hydroxylation is 1. The number of hydrogen-bond donors (Lipinski definition) is 2. The van der Waals surface area contributed by atoms with Gasteiger partial charge in [-0.05, 0) is 30.9 Å². The van der Waals surface area contributed by atoms with Crippen LogP contribution in [-0.2, 0) is 22.4 Å². The number of carboxylic acids is 1. The number of rotatable bonds is 7. The van der Waals surface area contributed by atoms with Crippen LogP contribution in [0, 0.1) is 0 Å². The Morgan fingerprint density at radius 2 is 1.79 bits per heavy atom. The molecule has 4 nitrogen and oxygen atoms in total. The van der Waals surface area contributed by atoms with Crippen LogP contribution in [0.2, 0.25) is 0 Å². The highest BCUT2D eigenvalue weighted by molar-refractivity contribution is 5.84. The van der Waals surface area contributed by atoms with Gasteiger partial charge in [0.2, 0.25) is 5.91 Å². The van der Waals surface area contributed by atoms with Crippen LogP contribution in [-0.4, -0.2) is 23.0 Å². The van der Waals surface area contributed by atoms with E-state index in [1.54, 1.807) is 0 Å². The zero-order chi connectivity index (χ0) is 14.3. The van der Waals surface area contributed by atoms with Gasteiger partial charge in [0, 0.05) is 0 Å². The molecule has 0 heterocycles. The molecular formula is C15H21NO3. The molecule has 1 aromatic carbocycles. The normalized spacial score (nSPS) is 11.9. The predicted octanol–water partition coefficient (Wildman–Crippen LogP) is 2.16. The van der Waals surface area contributed by atoms with E-state index in [1.807, 2.05) is 24.3 Å². The monoisotopic (exact) mass is 263 g/mol. The van der Waals surface area contributed by atoms with Crippen molar-refractivity contribution in [3.8, 4) is 0 Å². The molecule has 1 atom stereocenters. The third-order valence-corrected chi connectivity index (χ3v) is 2.95. The van der Waals surface area contributed by atoms with Gasteiger partial charge in [0.1, 0.15) is 6.04 Å². The van der Waals surface area contributed by atoms with Crippen LogP contribution in [0.1, 0.15) is 37.8 Å². The zero-order valence-electron chi connectivity index (χ0n) is 11.5. The molecule has 0 spiro atoms. The molecule has 0 saturated heterocycles. The number of carbonyl (C=O) groups is 2. The molecule has 0 saturated carbocycles. The molecule has 104 valence electrons. The quantitative estimate of drug-likeness (QED) is 0.792. The van der Waals surface area contributed by atoms with Gasteiger partial charge in [-0.15, -0.1) is 0 Å². The van der Waals surface area contributed by atoms with Crippen molar-refractivity contribution in [3.05, 3.63) is 35.4 Å². The minimum absolute atomic E-state index is 0.214. The molecule has 0 aliphatic carbocycles. The SMILES string of the molecule is CCCCc1ccc(CC(=O)N[C@@H](C)C(=O)O)cc1. The Hall–Kier alpha value is -1.84. The lowest BCUT2D eigenvalue weighted by Crippen LogP contribution is -2.39. The molecule has 1 rings (SSSR count). The molecule has 2 N–H and O–H groups in total. The van der Waals surface area contributed by atoms with E-state index in [0.29, 0.717) is 0 Å².